The maximum absolute atomic E-state index is 11.0. The molecule has 1 N–H and O–H groups in total. The summed E-state index contributed by atoms with van der Waals surface area (Å²) in [4.78, 5) is 15.6. The Kier molecular flexibility index (Phi) is 3.52. The molecule has 2 aromatic rings. The van der Waals surface area contributed by atoms with Gasteiger partial charge in [0.1, 0.15) is 11.9 Å². The predicted molar refractivity (Wildman–Crippen MR) is 77.6 cm³/mol. The van der Waals surface area contributed by atoms with Crippen LogP contribution in [0.25, 0.3) is 11.0 Å². The molecular formula is C14H15BrN2O3. The number of carboxylic acids is 1. The van der Waals surface area contributed by atoms with Crippen LogP contribution in [0.15, 0.2) is 22.7 Å². The molecule has 2 heterocycles. The molecule has 1 aromatic carbocycles. The summed E-state index contributed by atoms with van der Waals surface area (Å²) in [5, 5.41) is 9.02. The van der Waals surface area contributed by atoms with E-state index in [-0.39, 0.29) is 6.10 Å². The van der Waals surface area contributed by atoms with Gasteiger partial charge in [0.25, 0.3) is 0 Å². The van der Waals surface area contributed by atoms with E-state index in [0.29, 0.717) is 12.8 Å². The lowest BCUT2D eigenvalue weighted by Crippen LogP contribution is -2.19. The first-order valence-corrected chi connectivity index (χ1v) is 7.43. The van der Waals surface area contributed by atoms with Crippen LogP contribution in [-0.2, 0) is 16.1 Å². The molecule has 2 unspecified atom stereocenters. The van der Waals surface area contributed by atoms with Crippen molar-refractivity contribution in [1.82, 2.24) is 9.55 Å². The second kappa shape index (κ2) is 5.18. The number of carboxylic acid groups (broad SMARTS) is 1. The van der Waals surface area contributed by atoms with Crippen LogP contribution in [0.2, 0.25) is 0 Å². The second-order valence-corrected chi connectivity index (χ2v) is 5.79. The van der Waals surface area contributed by atoms with Crippen LogP contribution in [-0.4, -0.2) is 26.7 Å². The SMILES string of the molecule is CCn1c(C2CCC(C(=O)O)O2)nc2cc(Br)ccc21. The van der Waals surface area contributed by atoms with E-state index in [4.69, 9.17) is 9.84 Å². The molecule has 0 saturated carbocycles. The first-order chi connectivity index (χ1) is 9.60. The van der Waals surface area contributed by atoms with E-state index in [0.717, 1.165) is 27.9 Å². The summed E-state index contributed by atoms with van der Waals surface area (Å²) in [5.74, 6) is -0.0706. The number of rotatable bonds is 3. The molecule has 20 heavy (non-hydrogen) atoms. The maximum atomic E-state index is 11.0. The Balaban J connectivity index is 2.01. The molecular weight excluding hydrogens is 324 g/mol. The van der Waals surface area contributed by atoms with E-state index in [1.165, 1.54) is 0 Å². The van der Waals surface area contributed by atoms with Gasteiger partial charge in [-0.05, 0) is 38.0 Å². The number of ether oxygens (including phenoxy) is 1. The number of hydrogen-bond acceptors (Lipinski definition) is 3. The highest BCUT2D eigenvalue weighted by molar-refractivity contribution is 9.10. The van der Waals surface area contributed by atoms with Crippen molar-refractivity contribution in [3.63, 3.8) is 0 Å². The zero-order valence-electron chi connectivity index (χ0n) is 11.0. The van der Waals surface area contributed by atoms with Crippen molar-refractivity contribution in [2.24, 2.45) is 0 Å². The van der Waals surface area contributed by atoms with E-state index in [9.17, 15) is 4.79 Å². The number of carbonyl (C=O) groups is 1. The molecule has 1 aliphatic heterocycles. The summed E-state index contributed by atoms with van der Waals surface area (Å²) in [7, 11) is 0. The number of aromatic nitrogens is 2. The molecule has 0 bridgehead atoms. The number of nitrogens with zero attached hydrogens (tertiary/aromatic N) is 2. The van der Waals surface area contributed by atoms with Crippen LogP contribution in [0, 0.1) is 0 Å². The predicted octanol–water partition coefficient (Wildman–Crippen LogP) is 3.12. The van der Waals surface area contributed by atoms with Crippen molar-refractivity contribution >= 4 is 32.9 Å². The number of benzene rings is 1. The van der Waals surface area contributed by atoms with Gasteiger partial charge in [-0.3, -0.25) is 0 Å². The van der Waals surface area contributed by atoms with Gasteiger partial charge in [0, 0.05) is 11.0 Å². The summed E-state index contributed by atoms with van der Waals surface area (Å²) in [6.45, 7) is 2.83. The normalized spacial score (nSPS) is 22.5. The Hall–Kier alpha value is -1.40. The zero-order valence-corrected chi connectivity index (χ0v) is 12.6. The summed E-state index contributed by atoms with van der Waals surface area (Å²) >= 11 is 3.44. The molecule has 0 aliphatic carbocycles. The van der Waals surface area contributed by atoms with Gasteiger partial charge in [-0.2, -0.15) is 0 Å². The van der Waals surface area contributed by atoms with Gasteiger partial charge in [0.2, 0.25) is 0 Å². The van der Waals surface area contributed by atoms with Gasteiger partial charge in [0.05, 0.1) is 11.0 Å². The fraction of sp³-hybridized carbons (Fsp3) is 0.429. The molecule has 0 radical (unpaired) electrons. The Morgan fingerprint density at radius 1 is 1.55 bits per heavy atom. The van der Waals surface area contributed by atoms with Crippen LogP contribution >= 0.6 is 15.9 Å². The minimum Gasteiger partial charge on any atom is -0.479 e. The van der Waals surface area contributed by atoms with Crippen LogP contribution in [0.1, 0.15) is 31.7 Å². The van der Waals surface area contributed by atoms with E-state index < -0.39 is 12.1 Å². The quantitative estimate of drug-likeness (QED) is 0.933. The third-order valence-electron chi connectivity index (χ3n) is 3.64. The summed E-state index contributed by atoms with van der Waals surface area (Å²) in [5.41, 5.74) is 1.95. The Labute approximate surface area is 124 Å². The third kappa shape index (κ3) is 2.23. The summed E-state index contributed by atoms with van der Waals surface area (Å²) in [6.07, 6.45) is 0.289. The zero-order chi connectivity index (χ0) is 14.3. The van der Waals surface area contributed by atoms with Crippen LogP contribution in [0.4, 0.5) is 0 Å². The highest BCUT2D eigenvalue weighted by Crippen LogP contribution is 2.34. The number of aryl methyl sites for hydroxylation is 1. The van der Waals surface area contributed by atoms with Crippen LogP contribution < -0.4 is 0 Å². The molecule has 1 aliphatic rings. The highest BCUT2D eigenvalue weighted by atomic mass is 79.9. The first kappa shape index (κ1) is 13.6. The fourth-order valence-corrected chi connectivity index (χ4v) is 3.06. The second-order valence-electron chi connectivity index (χ2n) is 4.88. The molecule has 1 aromatic heterocycles. The number of hydrogen-bond donors (Lipinski definition) is 1. The van der Waals surface area contributed by atoms with Crippen molar-refractivity contribution in [2.75, 3.05) is 0 Å². The molecule has 0 amide bonds. The average Bonchev–Trinajstić information content (AvgIpc) is 3.01. The number of halogens is 1. The van der Waals surface area contributed by atoms with Crippen molar-refractivity contribution < 1.29 is 14.6 Å². The van der Waals surface area contributed by atoms with E-state index in [1.807, 2.05) is 18.2 Å². The van der Waals surface area contributed by atoms with E-state index in [1.54, 1.807) is 0 Å². The molecule has 3 rings (SSSR count). The topological polar surface area (TPSA) is 64.4 Å². The molecule has 6 heteroatoms. The van der Waals surface area contributed by atoms with E-state index >= 15 is 0 Å². The molecule has 1 fully saturated rings. The number of imidazole rings is 1. The summed E-state index contributed by atoms with van der Waals surface area (Å²) in [6, 6.07) is 5.97. The van der Waals surface area contributed by atoms with Crippen molar-refractivity contribution in [3.05, 3.63) is 28.5 Å². The van der Waals surface area contributed by atoms with Gasteiger partial charge in [-0.15, -0.1) is 0 Å². The van der Waals surface area contributed by atoms with Crippen LogP contribution in [0.3, 0.4) is 0 Å². The molecule has 106 valence electrons. The number of fused-ring (bicyclic) bond motifs is 1. The van der Waals surface area contributed by atoms with E-state index in [2.05, 4.69) is 32.4 Å². The Bertz CT molecular complexity index is 668. The average molecular weight is 339 g/mol. The lowest BCUT2D eigenvalue weighted by molar-refractivity contribution is -0.149. The molecule has 2 atom stereocenters. The first-order valence-electron chi connectivity index (χ1n) is 6.64. The van der Waals surface area contributed by atoms with Crippen molar-refractivity contribution in [1.29, 1.82) is 0 Å². The van der Waals surface area contributed by atoms with Crippen molar-refractivity contribution in [3.8, 4) is 0 Å². The van der Waals surface area contributed by atoms with Gasteiger partial charge in [-0.1, -0.05) is 15.9 Å². The third-order valence-corrected chi connectivity index (χ3v) is 4.13. The minimum atomic E-state index is -0.894. The monoisotopic (exact) mass is 338 g/mol. The Morgan fingerprint density at radius 3 is 3.00 bits per heavy atom. The van der Waals surface area contributed by atoms with Gasteiger partial charge in [0.15, 0.2) is 6.10 Å². The lowest BCUT2D eigenvalue weighted by atomic mass is 10.2. The lowest BCUT2D eigenvalue weighted by Gasteiger charge is -2.12. The molecule has 5 nitrogen and oxygen atoms in total. The van der Waals surface area contributed by atoms with Gasteiger partial charge in [-0.25, -0.2) is 9.78 Å². The van der Waals surface area contributed by atoms with Gasteiger partial charge < -0.3 is 14.4 Å². The smallest absolute Gasteiger partial charge is 0.332 e. The van der Waals surface area contributed by atoms with Crippen molar-refractivity contribution in [2.45, 2.75) is 38.5 Å². The standard InChI is InChI=1S/C14H15BrN2O3/c1-2-17-10-4-3-8(15)7-9(10)16-13(17)11-5-6-12(20-11)14(18)19/h3-4,7,11-12H,2,5-6H2,1H3,(H,18,19). The molecule has 0 spiro atoms. The largest absolute Gasteiger partial charge is 0.479 e. The summed E-state index contributed by atoms with van der Waals surface area (Å²) < 4.78 is 8.69. The number of aliphatic carboxylic acids is 1. The molecule has 1 saturated heterocycles. The fourth-order valence-electron chi connectivity index (χ4n) is 2.71. The van der Waals surface area contributed by atoms with Crippen LogP contribution in [0.5, 0.6) is 0 Å². The Morgan fingerprint density at radius 2 is 2.35 bits per heavy atom. The highest BCUT2D eigenvalue weighted by Gasteiger charge is 2.34. The van der Waals surface area contributed by atoms with Gasteiger partial charge >= 0.3 is 5.97 Å². The minimum absolute atomic E-state index is 0.234. The maximum Gasteiger partial charge on any atom is 0.332 e.